The van der Waals surface area contributed by atoms with E-state index in [9.17, 15) is 4.79 Å². The zero-order valence-corrected chi connectivity index (χ0v) is 13.1. The van der Waals surface area contributed by atoms with E-state index in [2.05, 4.69) is 10.4 Å². The monoisotopic (exact) mass is 303 g/mol. The summed E-state index contributed by atoms with van der Waals surface area (Å²) in [6, 6.07) is 7.70. The Morgan fingerprint density at radius 3 is 2.71 bits per heavy atom. The molecule has 0 atom stereocenters. The summed E-state index contributed by atoms with van der Waals surface area (Å²) in [5, 5.41) is 7.61. The number of hydrogen-bond acceptors (Lipinski definition) is 2. The summed E-state index contributed by atoms with van der Waals surface area (Å²) in [7, 11) is 0. The van der Waals surface area contributed by atoms with Gasteiger partial charge in [-0.1, -0.05) is 29.8 Å². The Morgan fingerprint density at radius 1 is 1.38 bits per heavy atom. The van der Waals surface area contributed by atoms with Crippen LogP contribution >= 0.6 is 11.6 Å². The third-order valence-electron chi connectivity index (χ3n) is 3.04. The fourth-order valence-corrected chi connectivity index (χ4v) is 2.20. The van der Waals surface area contributed by atoms with Gasteiger partial charge in [0.25, 0.3) is 0 Å². The van der Waals surface area contributed by atoms with Gasteiger partial charge in [-0.05, 0) is 38.0 Å². The lowest BCUT2D eigenvalue weighted by molar-refractivity contribution is -0.111. The molecule has 2 rings (SSSR count). The van der Waals surface area contributed by atoms with Crippen molar-refractivity contribution in [2.75, 3.05) is 5.32 Å². The lowest BCUT2D eigenvalue weighted by Gasteiger charge is -2.05. The number of benzene rings is 1. The minimum absolute atomic E-state index is 0.198. The maximum atomic E-state index is 12.0. The number of amides is 1. The third kappa shape index (κ3) is 3.95. The third-order valence-corrected chi connectivity index (χ3v) is 3.37. The molecule has 5 heteroatoms. The fraction of sp³-hybridized carbons (Fsp3) is 0.250. The van der Waals surface area contributed by atoms with Crippen molar-refractivity contribution in [3.05, 3.63) is 53.3 Å². The Balaban J connectivity index is 2.10. The van der Waals surface area contributed by atoms with Crippen molar-refractivity contribution >= 4 is 28.8 Å². The molecule has 0 unspecified atom stereocenters. The first-order valence-corrected chi connectivity index (χ1v) is 7.13. The molecule has 1 aromatic carbocycles. The highest BCUT2D eigenvalue weighted by atomic mass is 35.5. The van der Waals surface area contributed by atoms with Gasteiger partial charge in [0, 0.05) is 23.3 Å². The first-order chi connectivity index (χ1) is 9.97. The second kappa shape index (κ2) is 6.59. The standard InChI is InChI=1S/C16H18ClN3O/c1-11(2)20-10-13(9-18-20)19-16(21)8-12(3)14-6-4-5-7-15(14)17/h4-11H,1-3H3,(H,19,21)/b12-8-. The molecule has 1 aromatic heterocycles. The Morgan fingerprint density at radius 2 is 2.10 bits per heavy atom. The Hall–Kier alpha value is -2.07. The van der Waals surface area contributed by atoms with Crippen LogP contribution in [0.15, 0.2) is 42.7 Å². The van der Waals surface area contributed by atoms with Gasteiger partial charge in [0.1, 0.15) is 0 Å². The van der Waals surface area contributed by atoms with Gasteiger partial charge in [0.2, 0.25) is 5.91 Å². The van der Waals surface area contributed by atoms with Crippen LogP contribution in [-0.2, 0) is 4.79 Å². The maximum absolute atomic E-state index is 12.0. The number of carbonyl (C=O) groups excluding carboxylic acids is 1. The molecule has 4 nitrogen and oxygen atoms in total. The van der Waals surface area contributed by atoms with E-state index in [1.165, 1.54) is 6.08 Å². The van der Waals surface area contributed by atoms with Crippen LogP contribution in [0.3, 0.4) is 0 Å². The normalized spacial score (nSPS) is 11.8. The highest BCUT2D eigenvalue weighted by molar-refractivity contribution is 6.32. The smallest absolute Gasteiger partial charge is 0.248 e. The number of nitrogens with zero attached hydrogens (tertiary/aromatic N) is 2. The first-order valence-electron chi connectivity index (χ1n) is 6.75. The Kier molecular flexibility index (Phi) is 4.81. The molecule has 0 saturated carbocycles. The summed E-state index contributed by atoms with van der Waals surface area (Å²) in [5.74, 6) is -0.198. The molecule has 0 radical (unpaired) electrons. The molecule has 0 aliphatic rings. The lowest BCUT2D eigenvalue weighted by atomic mass is 10.1. The van der Waals surface area contributed by atoms with Crippen molar-refractivity contribution in [2.24, 2.45) is 0 Å². The van der Waals surface area contributed by atoms with Crippen LogP contribution in [0.4, 0.5) is 5.69 Å². The second-order valence-corrected chi connectivity index (χ2v) is 5.51. The van der Waals surface area contributed by atoms with Gasteiger partial charge in [-0.2, -0.15) is 5.10 Å². The molecule has 110 valence electrons. The zero-order chi connectivity index (χ0) is 15.4. The summed E-state index contributed by atoms with van der Waals surface area (Å²) in [6.07, 6.45) is 4.98. The molecular formula is C16H18ClN3O. The van der Waals surface area contributed by atoms with Crippen molar-refractivity contribution in [1.82, 2.24) is 9.78 Å². The molecule has 1 amide bonds. The van der Waals surface area contributed by atoms with Crippen LogP contribution in [0.25, 0.3) is 5.57 Å². The van der Waals surface area contributed by atoms with Gasteiger partial charge in [-0.3, -0.25) is 9.48 Å². The SMILES string of the molecule is C/C(=C/C(=O)Nc1cnn(C(C)C)c1)c1ccccc1Cl. The quantitative estimate of drug-likeness (QED) is 0.862. The summed E-state index contributed by atoms with van der Waals surface area (Å²) in [6.45, 7) is 5.92. The molecule has 0 saturated heterocycles. The van der Waals surface area contributed by atoms with Gasteiger partial charge >= 0.3 is 0 Å². The lowest BCUT2D eigenvalue weighted by Crippen LogP contribution is -2.08. The van der Waals surface area contributed by atoms with E-state index in [-0.39, 0.29) is 11.9 Å². The van der Waals surface area contributed by atoms with Crippen molar-refractivity contribution in [3.8, 4) is 0 Å². The number of halogens is 1. The molecule has 2 aromatic rings. The van der Waals surface area contributed by atoms with Crippen LogP contribution < -0.4 is 5.32 Å². The molecule has 0 bridgehead atoms. The molecule has 0 spiro atoms. The molecule has 0 aliphatic carbocycles. The Bertz CT molecular complexity index is 674. The van der Waals surface area contributed by atoms with E-state index in [1.54, 1.807) is 23.1 Å². The molecule has 0 aliphatic heterocycles. The second-order valence-electron chi connectivity index (χ2n) is 5.10. The van der Waals surface area contributed by atoms with Crippen LogP contribution in [0.2, 0.25) is 5.02 Å². The van der Waals surface area contributed by atoms with Gasteiger partial charge in [-0.15, -0.1) is 0 Å². The van der Waals surface area contributed by atoms with E-state index in [1.807, 2.05) is 39.0 Å². The zero-order valence-electron chi connectivity index (χ0n) is 12.3. The van der Waals surface area contributed by atoms with E-state index in [0.717, 1.165) is 11.1 Å². The van der Waals surface area contributed by atoms with Crippen LogP contribution in [0, 0.1) is 0 Å². The minimum Gasteiger partial charge on any atom is -0.320 e. The number of carbonyl (C=O) groups is 1. The fourth-order valence-electron chi connectivity index (χ4n) is 1.92. The van der Waals surface area contributed by atoms with Crippen molar-refractivity contribution < 1.29 is 4.79 Å². The van der Waals surface area contributed by atoms with E-state index < -0.39 is 0 Å². The number of nitrogens with one attached hydrogen (secondary N) is 1. The molecule has 1 N–H and O–H groups in total. The molecular weight excluding hydrogens is 286 g/mol. The molecule has 0 fully saturated rings. The van der Waals surface area contributed by atoms with Crippen LogP contribution in [0.5, 0.6) is 0 Å². The van der Waals surface area contributed by atoms with Crippen molar-refractivity contribution in [3.63, 3.8) is 0 Å². The van der Waals surface area contributed by atoms with Gasteiger partial charge < -0.3 is 5.32 Å². The average Bonchev–Trinajstić information content (AvgIpc) is 2.87. The minimum atomic E-state index is -0.198. The van der Waals surface area contributed by atoms with Crippen LogP contribution in [-0.4, -0.2) is 15.7 Å². The summed E-state index contributed by atoms with van der Waals surface area (Å²) < 4.78 is 1.79. The van der Waals surface area contributed by atoms with E-state index in [0.29, 0.717) is 10.7 Å². The van der Waals surface area contributed by atoms with E-state index >= 15 is 0 Å². The van der Waals surface area contributed by atoms with Crippen LogP contribution in [0.1, 0.15) is 32.4 Å². The summed E-state index contributed by atoms with van der Waals surface area (Å²) in [5.41, 5.74) is 2.35. The molecule has 1 heterocycles. The first kappa shape index (κ1) is 15.3. The topological polar surface area (TPSA) is 46.9 Å². The number of allylic oxidation sites excluding steroid dienone is 1. The molecule has 21 heavy (non-hydrogen) atoms. The highest BCUT2D eigenvalue weighted by Crippen LogP contribution is 2.23. The Labute approximate surface area is 129 Å². The number of aromatic nitrogens is 2. The highest BCUT2D eigenvalue weighted by Gasteiger charge is 2.06. The number of rotatable bonds is 4. The predicted molar refractivity (Wildman–Crippen MR) is 86.3 cm³/mol. The van der Waals surface area contributed by atoms with Gasteiger partial charge in [0.15, 0.2) is 0 Å². The van der Waals surface area contributed by atoms with Crippen molar-refractivity contribution in [2.45, 2.75) is 26.8 Å². The number of hydrogen-bond donors (Lipinski definition) is 1. The predicted octanol–water partition coefficient (Wildman–Crippen LogP) is 4.16. The van der Waals surface area contributed by atoms with Gasteiger partial charge in [0.05, 0.1) is 11.9 Å². The summed E-state index contributed by atoms with van der Waals surface area (Å²) >= 11 is 6.12. The largest absolute Gasteiger partial charge is 0.320 e. The van der Waals surface area contributed by atoms with E-state index in [4.69, 9.17) is 11.6 Å². The number of anilines is 1. The van der Waals surface area contributed by atoms with Crippen molar-refractivity contribution in [1.29, 1.82) is 0 Å². The maximum Gasteiger partial charge on any atom is 0.248 e. The van der Waals surface area contributed by atoms with Gasteiger partial charge in [-0.25, -0.2) is 0 Å². The summed E-state index contributed by atoms with van der Waals surface area (Å²) in [4.78, 5) is 12.0. The average molecular weight is 304 g/mol.